The molecule has 1 aromatic heterocycles. The van der Waals surface area contributed by atoms with Crippen molar-refractivity contribution < 1.29 is 8.42 Å². The van der Waals surface area contributed by atoms with Gasteiger partial charge in [0.1, 0.15) is 0 Å². The Morgan fingerprint density at radius 2 is 1.50 bits per heavy atom. The van der Waals surface area contributed by atoms with Crippen LogP contribution in [0.5, 0.6) is 0 Å². The number of rotatable bonds is 4. The van der Waals surface area contributed by atoms with E-state index in [0.717, 1.165) is 22.6 Å². The molecule has 0 aliphatic carbocycles. The maximum atomic E-state index is 11.6. The highest BCUT2D eigenvalue weighted by Crippen LogP contribution is 2.28. The molecule has 0 spiro atoms. The van der Waals surface area contributed by atoms with E-state index in [-0.39, 0.29) is 0 Å². The van der Waals surface area contributed by atoms with Crippen molar-refractivity contribution in [3.05, 3.63) is 66.4 Å². The minimum Gasteiger partial charge on any atom is -0.314 e. The zero-order valence-corrected chi connectivity index (χ0v) is 15.5. The summed E-state index contributed by atoms with van der Waals surface area (Å²) in [5, 5.41) is 0. The number of aryl methyl sites for hydroxylation is 1. The van der Waals surface area contributed by atoms with Crippen LogP contribution in [0.25, 0.3) is 16.9 Å². The van der Waals surface area contributed by atoms with E-state index in [2.05, 4.69) is 54.1 Å². The first-order valence-electron chi connectivity index (χ1n) is 7.53. The van der Waals surface area contributed by atoms with Crippen LogP contribution >= 0.6 is 11.8 Å². The summed E-state index contributed by atoms with van der Waals surface area (Å²) < 4.78 is 25.4. The van der Waals surface area contributed by atoms with Gasteiger partial charge in [-0.05, 0) is 67.3 Å². The van der Waals surface area contributed by atoms with Gasteiger partial charge in [-0.1, -0.05) is 12.1 Å². The standard InChI is InChI=1S/C19H19NO2S2/c1-14-4-13-19(15-5-11-18(12-6-15)24(3,21)22)20(14)16-7-9-17(23-2)10-8-16/h4-13H,1-3H3. The van der Waals surface area contributed by atoms with Gasteiger partial charge in [-0.15, -0.1) is 11.8 Å². The van der Waals surface area contributed by atoms with Crippen molar-refractivity contribution >= 4 is 21.6 Å². The third-order valence-electron chi connectivity index (χ3n) is 3.98. The molecule has 0 amide bonds. The van der Waals surface area contributed by atoms with Crippen LogP contribution in [0, 0.1) is 6.92 Å². The van der Waals surface area contributed by atoms with Crippen LogP contribution in [-0.2, 0) is 9.84 Å². The Morgan fingerprint density at radius 3 is 2.04 bits per heavy atom. The van der Waals surface area contributed by atoms with Crippen molar-refractivity contribution in [2.75, 3.05) is 12.5 Å². The average molecular weight is 358 g/mol. The first kappa shape index (κ1) is 16.9. The average Bonchev–Trinajstić information content (AvgIpc) is 2.96. The number of nitrogens with zero attached hydrogens (tertiary/aromatic N) is 1. The summed E-state index contributed by atoms with van der Waals surface area (Å²) in [6.07, 6.45) is 3.28. The Bertz CT molecular complexity index is 954. The van der Waals surface area contributed by atoms with Crippen molar-refractivity contribution in [3.8, 4) is 16.9 Å². The van der Waals surface area contributed by atoms with Crippen LogP contribution in [0.15, 0.2) is 70.5 Å². The van der Waals surface area contributed by atoms with Gasteiger partial charge in [0, 0.05) is 22.5 Å². The Morgan fingerprint density at radius 1 is 0.875 bits per heavy atom. The Kier molecular flexibility index (Phi) is 4.56. The van der Waals surface area contributed by atoms with E-state index in [9.17, 15) is 8.42 Å². The van der Waals surface area contributed by atoms with Crippen LogP contribution in [0.1, 0.15) is 5.69 Å². The van der Waals surface area contributed by atoms with Gasteiger partial charge < -0.3 is 4.57 Å². The highest BCUT2D eigenvalue weighted by molar-refractivity contribution is 7.98. The summed E-state index contributed by atoms with van der Waals surface area (Å²) in [7, 11) is -3.18. The molecule has 3 nitrogen and oxygen atoms in total. The maximum absolute atomic E-state index is 11.6. The molecule has 3 aromatic rings. The molecule has 5 heteroatoms. The first-order chi connectivity index (χ1) is 11.4. The van der Waals surface area contributed by atoms with Crippen LogP contribution in [0.2, 0.25) is 0 Å². The van der Waals surface area contributed by atoms with E-state index in [0.29, 0.717) is 4.90 Å². The van der Waals surface area contributed by atoms with E-state index in [1.807, 2.05) is 12.1 Å². The van der Waals surface area contributed by atoms with Crippen molar-refractivity contribution in [1.29, 1.82) is 0 Å². The summed E-state index contributed by atoms with van der Waals surface area (Å²) in [6.45, 7) is 2.07. The van der Waals surface area contributed by atoms with Gasteiger partial charge in [0.2, 0.25) is 0 Å². The fraction of sp³-hybridized carbons (Fsp3) is 0.158. The summed E-state index contributed by atoms with van der Waals surface area (Å²) in [5.41, 5.74) is 4.26. The molecular weight excluding hydrogens is 338 g/mol. The fourth-order valence-corrected chi connectivity index (χ4v) is 3.75. The summed E-state index contributed by atoms with van der Waals surface area (Å²) in [6, 6.07) is 19.6. The Hall–Kier alpha value is -1.98. The van der Waals surface area contributed by atoms with Crippen molar-refractivity contribution in [3.63, 3.8) is 0 Å². The lowest BCUT2D eigenvalue weighted by atomic mass is 10.1. The molecule has 0 unspecified atom stereocenters. The summed E-state index contributed by atoms with van der Waals surface area (Å²) in [4.78, 5) is 1.56. The molecule has 1 heterocycles. The van der Waals surface area contributed by atoms with Crippen LogP contribution in [0.4, 0.5) is 0 Å². The number of benzene rings is 2. The van der Waals surface area contributed by atoms with Gasteiger partial charge in [-0.2, -0.15) is 0 Å². The summed E-state index contributed by atoms with van der Waals surface area (Å²) in [5.74, 6) is 0. The zero-order valence-electron chi connectivity index (χ0n) is 13.9. The molecule has 0 fully saturated rings. The minimum absolute atomic E-state index is 0.338. The molecule has 0 saturated carbocycles. The molecule has 0 saturated heterocycles. The molecule has 3 rings (SSSR count). The van der Waals surface area contributed by atoms with Gasteiger partial charge in [0.25, 0.3) is 0 Å². The van der Waals surface area contributed by atoms with Crippen molar-refractivity contribution in [1.82, 2.24) is 4.57 Å². The number of thioether (sulfide) groups is 1. The van der Waals surface area contributed by atoms with Gasteiger partial charge in [0.05, 0.1) is 10.6 Å². The largest absolute Gasteiger partial charge is 0.314 e. The predicted octanol–water partition coefficient (Wildman–Crippen LogP) is 4.58. The highest BCUT2D eigenvalue weighted by atomic mass is 32.2. The molecule has 24 heavy (non-hydrogen) atoms. The van der Waals surface area contributed by atoms with E-state index >= 15 is 0 Å². The molecular formula is C19H19NO2S2. The topological polar surface area (TPSA) is 39.1 Å². The molecule has 0 aliphatic heterocycles. The SMILES string of the molecule is CSc1ccc(-n2c(C)ccc2-c2ccc(S(C)(=O)=O)cc2)cc1. The third kappa shape index (κ3) is 3.28. The maximum Gasteiger partial charge on any atom is 0.175 e. The molecule has 0 aliphatic rings. The van der Waals surface area contributed by atoms with Gasteiger partial charge in [0.15, 0.2) is 9.84 Å². The smallest absolute Gasteiger partial charge is 0.175 e. The first-order valence-corrected chi connectivity index (χ1v) is 10.6. The minimum atomic E-state index is -3.18. The van der Waals surface area contributed by atoms with Gasteiger partial charge in [-0.3, -0.25) is 0 Å². The van der Waals surface area contributed by atoms with E-state index in [1.54, 1.807) is 23.9 Å². The highest BCUT2D eigenvalue weighted by Gasteiger charge is 2.11. The fourth-order valence-electron chi connectivity index (χ4n) is 2.71. The second-order valence-electron chi connectivity index (χ2n) is 5.69. The van der Waals surface area contributed by atoms with E-state index in [1.165, 1.54) is 11.2 Å². The number of sulfone groups is 1. The molecule has 0 atom stereocenters. The van der Waals surface area contributed by atoms with E-state index < -0.39 is 9.84 Å². The Labute approximate surface area is 147 Å². The zero-order chi connectivity index (χ0) is 17.3. The van der Waals surface area contributed by atoms with Crippen LogP contribution in [-0.4, -0.2) is 25.5 Å². The lowest BCUT2D eigenvalue weighted by Crippen LogP contribution is -2.00. The normalized spacial score (nSPS) is 11.6. The molecule has 0 N–H and O–H groups in total. The van der Waals surface area contributed by atoms with Gasteiger partial charge >= 0.3 is 0 Å². The quantitative estimate of drug-likeness (QED) is 0.642. The Balaban J connectivity index is 2.06. The molecule has 2 aromatic carbocycles. The second-order valence-corrected chi connectivity index (χ2v) is 8.59. The van der Waals surface area contributed by atoms with Gasteiger partial charge in [-0.25, -0.2) is 8.42 Å². The lowest BCUT2D eigenvalue weighted by Gasteiger charge is -2.13. The second kappa shape index (κ2) is 6.49. The van der Waals surface area contributed by atoms with Crippen molar-refractivity contribution in [2.45, 2.75) is 16.7 Å². The summed E-state index contributed by atoms with van der Waals surface area (Å²) >= 11 is 1.72. The number of hydrogen-bond acceptors (Lipinski definition) is 3. The van der Waals surface area contributed by atoms with E-state index in [4.69, 9.17) is 0 Å². The van der Waals surface area contributed by atoms with Crippen LogP contribution < -0.4 is 0 Å². The third-order valence-corrected chi connectivity index (χ3v) is 5.86. The molecule has 0 bridgehead atoms. The van der Waals surface area contributed by atoms with Crippen molar-refractivity contribution in [2.24, 2.45) is 0 Å². The monoisotopic (exact) mass is 357 g/mol. The molecule has 124 valence electrons. The predicted molar refractivity (Wildman–Crippen MR) is 101 cm³/mol. The lowest BCUT2D eigenvalue weighted by molar-refractivity contribution is 0.602. The number of aromatic nitrogens is 1. The van der Waals surface area contributed by atoms with Crippen LogP contribution in [0.3, 0.4) is 0 Å². The molecule has 0 radical (unpaired) electrons. The number of hydrogen-bond donors (Lipinski definition) is 0.